The number of anilines is 1. The third-order valence-electron chi connectivity index (χ3n) is 3.37. The van der Waals surface area contributed by atoms with Gasteiger partial charge in [0, 0.05) is 23.9 Å². The minimum absolute atomic E-state index is 0.110. The van der Waals surface area contributed by atoms with E-state index in [4.69, 9.17) is 4.42 Å². The van der Waals surface area contributed by atoms with E-state index in [2.05, 4.69) is 15.6 Å². The average molecular weight is 287 g/mol. The van der Waals surface area contributed by atoms with Crippen LogP contribution in [0.25, 0.3) is 0 Å². The molecule has 2 N–H and O–H groups in total. The van der Waals surface area contributed by atoms with Gasteiger partial charge in [0.1, 0.15) is 17.3 Å². The van der Waals surface area contributed by atoms with Gasteiger partial charge in [-0.1, -0.05) is 0 Å². The molecular formula is C16H21N3O2. The predicted octanol–water partition coefficient (Wildman–Crippen LogP) is 3.13. The van der Waals surface area contributed by atoms with Crippen molar-refractivity contribution in [1.82, 2.24) is 10.3 Å². The normalized spacial score (nSPS) is 12.0. The van der Waals surface area contributed by atoms with Gasteiger partial charge in [-0.25, -0.2) is 4.98 Å². The SMILES string of the molecule is CNc1cc(C(=O)NC(C)c2cc(C)oc2C)cc(C)n1. The highest BCUT2D eigenvalue weighted by Crippen LogP contribution is 2.21. The molecule has 0 saturated heterocycles. The highest BCUT2D eigenvalue weighted by molar-refractivity contribution is 5.95. The number of nitrogens with one attached hydrogen (secondary N) is 2. The highest BCUT2D eigenvalue weighted by Gasteiger charge is 2.16. The molecule has 0 bridgehead atoms. The van der Waals surface area contributed by atoms with Gasteiger partial charge in [-0.2, -0.15) is 0 Å². The molecule has 0 saturated carbocycles. The Morgan fingerprint density at radius 2 is 1.95 bits per heavy atom. The number of pyridine rings is 1. The zero-order chi connectivity index (χ0) is 15.6. The maximum Gasteiger partial charge on any atom is 0.251 e. The Balaban J connectivity index is 2.18. The Labute approximate surface area is 124 Å². The lowest BCUT2D eigenvalue weighted by Gasteiger charge is -2.14. The Morgan fingerprint density at radius 3 is 2.52 bits per heavy atom. The number of carbonyl (C=O) groups is 1. The number of hydrogen-bond donors (Lipinski definition) is 2. The van der Waals surface area contributed by atoms with E-state index in [1.807, 2.05) is 33.8 Å². The van der Waals surface area contributed by atoms with Crippen LogP contribution in [0.5, 0.6) is 0 Å². The summed E-state index contributed by atoms with van der Waals surface area (Å²) >= 11 is 0. The molecule has 0 spiro atoms. The van der Waals surface area contributed by atoms with Gasteiger partial charge in [-0.3, -0.25) is 4.79 Å². The van der Waals surface area contributed by atoms with Gasteiger partial charge in [-0.15, -0.1) is 0 Å². The van der Waals surface area contributed by atoms with Crippen molar-refractivity contribution in [3.63, 3.8) is 0 Å². The molecule has 5 heteroatoms. The van der Waals surface area contributed by atoms with Crippen LogP contribution >= 0.6 is 0 Å². The lowest BCUT2D eigenvalue weighted by Crippen LogP contribution is -2.27. The maximum atomic E-state index is 12.4. The van der Waals surface area contributed by atoms with Crippen LogP contribution in [0.15, 0.2) is 22.6 Å². The van der Waals surface area contributed by atoms with Gasteiger partial charge in [-0.05, 0) is 45.9 Å². The van der Waals surface area contributed by atoms with Gasteiger partial charge in [0.15, 0.2) is 0 Å². The van der Waals surface area contributed by atoms with Crippen molar-refractivity contribution < 1.29 is 9.21 Å². The first kappa shape index (κ1) is 15.1. The van der Waals surface area contributed by atoms with Crippen LogP contribution in [0, 0.1) is 20.8 Å². The van der Waals surface area contributed by atoms with Crippen molar-refractivity contribution in [2.75, 3.05) is 12.4 Å². The number of aryl methyl sites for hydroxylation is 3. The molecule has 0 fully saturated rings. The van der Waals surface area contributed by atoms with Crippen molar-refractivity contribution >= 4 is 11.7 Å². The standard InChI is InChI=1S/C16H21N3O2/c1-9-6-13(8-15(17-5)18-9)16(20)19-11(3)14-7-10(2)21-12(14)4/h6-8,11H,1-5H3,(H,17,18)(H,19,20). The summed E-state index contributed by atoms with van der Waals surface area (Å²) in [5, 5.41) is 5.95. The van der Waals surface area contributed by atoms with Crippen LogP contribution in [0.4, 0.5) is 5.82 Å². The lowest BCUT2D eigenvalue weighted by atomic mass is 10.1. The predicted molar refractivity (Wildman–Crippen MR) is 82.6 cm³/mol. The first-order chi connectivity index (χ1) is 9.90. The summed E-state index contributed by atoms with van der Waals surface area (Å²) in [6.07, 6.45) is 0. The van der Waals surface area contributed by atoms with Crippen LogP contribution in [0.1, 0.15) is 46.1 Å². The quantitative estimate of drug-likeness (QED) is 0.906. The van der Waals surface area contributed by atoms with Gasteiger partial charge < -0.3 is 15.1 Å². The fourth-order valence-corrected chi connectivity index (χ4v) is 2.37. The molecule has 2 heterocycles. The summed E-state index contributed by atoms with van der Waals surface area (Å²) in [5.41, 5.74) is 2.40. The molecule has 1 atom stereocenters. The zero-order valence-corrected chi connectivity index (χ0v) is 13.1. The first-order valence-electron chi connectivity index (χ1n) is 6.95. The second-order valence-corrected chi connectivity index (χ2v) is 5.20. The van der Waals surface area contributed by atoms with Crippen molar-refractivity contribution in [3.8, 4) is 0 Å². The number of carbonyl (C=O) groups excluding carboxylic acids is 1. The Hall–Kier alpha value is -2.30. The topological polar surface area (TPSA) is 67.2 Å². The largest absolute Gasteiger partial charge is 0.466 e. The van der Waals surface area contributed by atoms with Gasteiger partial charge in [0.25, 0.3) is 5.91 Å². The van der Waals surface area contributed by atoms with Crippen LogP contribution in [-0.4, -0.2) is 17.9 Å². The fraction of sp³-hybridized carbons (Fsp3) is 0.375. The molecule has 5 nitrogen and oxygen atoms in total. The number of furan rings is 1. The summed E-state index contributed by atoms with van der Waals surface area (Å²) in [5.74, 6) is 2.24. The summed E-state index contributed by atoms with van der Waals surface area (Å²) < 4.78 is 5.51. The summed E-state index contributed by atoms with van der Waals surface area (Å²) in [6.45, 7) is 7.62. The molecule has 0 radical (unpaired) electrons. The van der Waals surface area contributed by atoms with E-state index >= 15 is 0 Å². The van der Waals surface area contributed by atoms with Gasteiger partial charge in [0.2, 0.25) is 0 Å². The number of hydrogen-bond acceptors (Lipinski definition) is 4. The molecular weight excluding hydrogens is 266 g/mol. The molecule has 0 aromatic carbocycles. The Morgan fingerprint density at radius 1 is 1.24 bits per heavy atom. The van der Waals surface area contributed by atoms with Crippen molar-refractivity contribution in [3.05, 3.63) is 46.5 Å². The highest BCUT2D eigenvalue weighted by atomic mass is 16.3. The Bertz CT molecular complexity index is 662. The third kappa shape index (κ3) is 3.42. The minimum Gasteiger partial charge on any atom is -0.466 e. The smallest absolute Gasteiger partial charge is 0.251 e. The molecule has 21 heavy (non-hydrogen) atoms. The Kier molecular flexibility index (Phi) is 4.31. The van der Waals surface area contributed by atoms with Gasteiger partial charge >= 0.3 is 0 Å². The molecule has 0 aliphatic carbocycles. The van der Waals surface area contributed by atoms with Crippen molar-refractivity contribution in [2.45, 2.75) is 33.7 Å². The van der Waals surface area contributed by atoms with Crippen LogP contribution in [0.3, 0.4) is 0 Å². The number of nitrogens with zero attached hydrogens (tertiary/aromatic N) is 1. The first-order valence-corrected chi connectivity index (χ1v) is 6.95. The number of aromatic nitrogens is 1. The van der Waals surface area contributed by atoms with Crippen LogP contribution in [0.2, 0.25) is 0 Å². The fourth-order valence-electron chi connectivity index (χ4n) is 2.37. The molecule has 1 unspecified atom stereocenters. The van der Waals surface area contributed by atoms with E-state index in [-0.39, 0.29) is 11.9 Å². The second kappa shape index (κ2) is 5.99. The number of rotatable bonds is 4. The molecule has 2 aromatic heterocycles. The van der Waals surface area contributed by atoms with E-state index < -0.39 is 0 Å². The summed E-state index contributed by atoms with van der Waals surface area (Å²) in [6, 6.07) is 5.36. The molecule has 0 aliphatic rings. The average Bonchev–Trinajstić information content (AvgIpc) is 2.76. The van der Waals surface area contributed by atoms with Crippen LogP contribution in [-0.2, 0) is 0 Å². The molecule has 2 rings (SSSR count). The van der Waals surface area contributed by atoms with Crippen molar-refractivity contribution in [1.29, 1.82) is 0 Å². The maximum absolute atomic E-state index is 12.4. The van der Waals surface area contributed by atoms with E-state index in [9.17, 15) is 4.79 Å². The monoisotopic (exact) mass is 287 g/mol. The van der Waals surface area contributed by atoms with E-state index in [1.165, 1.54) is 0 Å². The zero-order valence-electron chi connectivity index (χ0n) is 13.1. The third-order valence-corrected chi connectivity index (χ3v) is 3.37. The summed E-state index contributed by atoms with van der Waals surface area (Å²) in [7, 11) is 1.78. The molecule has 1 amide bonds. The van der Waals surface area contributed by atoms with Gasteiger partial charge in [0.05, 0.1) is 6.04 Å². The van der Waals surface area contributed by atoms with E-state index in [0.717, 1.165) is 22.8 Å². The molecule has 2 aromatic rings. The van der Waals surface area contributed by atoms with Crippen LogP contribution < -0.4 is 10.6 Å². The molecule has 112 valence electrons. The lowest BCUT2D eigenvalue weighted by molar-refractivity contribution is 0.0939. The molecule has 0 aliphatic heterocycles. The summed E-state index contributed by atoms with van der Waals surface area (Å²) in [4.78, 5) is 16.7. The van der Waals surface area contributed by atoms with E-state index in [1.54, 1.807) is 19.2 Å². The van der Waals surface area contributed by atoms with Crippen molar-refractivity contribution in [2.24, 2.45) is 0 Å². The number of amides is 1. The minimum atomic E-state index is -0.122. The van der Waals surface area contributed by atoms with E-state index in [0.29, 0.717) is 11.4 Å². The second-order valence-electron chi connectivity index (χ2n) is 5.20.